The number of aromatic hydroxyl groups is 2. The van der Waals surface area contributed by atoms with Crippen LogP contribution < -0.4 is 0 Å². The molecule has 0 saturated heterocycles. The number of benzene rings is 6. The van der Waals surface area contributed by atoms with Crippen LogP contribution in [0.25, 0.3) is 43.1 Å². The van der Waals surface area contributed by atoms with Crippen molar-refractivity contribution in [2.45, 2.75) is 106 Å². The predicted molar refractivity (Wildman–Crippen MR) is 253 cm³/mol. The Morgan fingerprint density at radius 2 is 0.828 bits per heavy atom. The molecule has 0 bridgehead atoms. The zero-order valence-electron chi connectivity index (χ0n) is 37.0. The predicted octanol–water partition coefficient (Wildman–Crippen LogP) is 15.3. The van der Waals surface area contributed by atoms with Gasteiger partial charge in [0.1, 0.15) is 11.5 Å². The first-order valence-electron chi connectivity index (χ1n) is 20.6. The summed E-state index contributed by atoms with van der Waals surface area (Å²) in [5, 5.41) is 30.1. The van der Waals surface area contributed by atoms with E-state index in [1.807, 2.05) is 38.1 Å². The fourth-order valence-electron chi connectivity index (χ4n) is 6.96. The number of fused-ring (bicyclic) bond motifs is 6. The van der Waals surface area contributed by atoms with E-state index < -0.39 is 0 Å². The molecular weight excluding hydrogens is 800 g/mol. The molecule has 0 aliphatic heterocycles. The molecular formula is C54H64O2SiZr. The van der Waals surface area contributed by atoms with Crippen molar-refractivity contribution in [2.75, 3.05) is 0 Å². The van der Waals surface area contributed by atoms with E-state index in [9.17, 15) is 10.2 Å². The van der Waals surface area contributed by atoms with Gasteiger partial charge in [0.25, 0.3) is 0 Å². The van der Waals surface area contributed by atoms with Gasteiger partial charge in [-0.25, -0.2) is 0 Å². The van der Waals surface area contributed by atoms with Crippen LogP contribution in [0.1, 0.15) is 88.8 Å². The van der Waals surface area contributed by atoms with Crippen molar-refractivity contribution in [1.29, 1.82) is 0 Å². The van der Waals surface area contributed by atoms with E-state index in [1.54, 1.807) is 35.5 Å². The van der Waals surface area contributed by atoms with E-state index in [4.69, 9.17) is 0 Å². The Labute approximate surface area is 364 Å². The van der Waals surface area contributed by atoms with Crippen molar-refractivity contribution >= 4 is 48.5 Å². The molecule has 0 aliphatic rings. The second-order valence-electron chi connectivity index (χ2n) is 17.6. The quantitative estimate of drug-likeness (QED) is 0.134. The third-order valence-electron chi connectivity index (χ3n) is 10.1. The van der Waals surface area contributed by atoms with Crippen LogP contribution in [0.5, 0.6) is 11.5 Å². The van der Waals surface area contributed by atoms with Crippen molar-refractivity contribution < 1.29 is 33.5 Å². The number of rotatable bonds is 2. The summed E-state index contributed by atoms with van der Waals surface area (Å²) in [7, 11) is 0. The van der Waals surface area contributed by atoms with Gasteiger partial charge in [0, 0.05) is 0 Å². The van der Waals surface area contributed by atoms with E-state index in [1.165, 1.54) is 65.3 Å². The fraction of sp³-hybridized carbons (Fsp3) is 0.296. The number of phenolic OH excluding ortho intramolecular Hbond substituents is 2. The summed E-state index contributed by atoms with van der Waals surface area (Å²) in [6.45, 7) is 25.7. The summed E-state index contributed by atoms with van der Waals surface area (Å²) in [5.41, 5.74) is 7.54. The molecule has 58 heavy (non-hydrogen) atoms. The van der Waals surface area contributed by atoms with Crippen molar-refractivity contribution in [1.82, 2.24) is 0 Å². The summed E-state index contributed by atoms with van der Waals surface area (Å²) in [4.78, 5) is 0. The van der Waals surface area contributed by atoms with E-state index >= 15 is 0 Å². The van der Waals surface area contributed by atoms with Crippen LogP contribution in [-0.4, -0.2) is 15.6 Å². The molecule has 8 aromatic rings. The van der Waals surface area contributed by atoms with Crippen LogP contribution in [0, 0.1) is 13.8 Å². The maximum Gasteiger partial charge on any atom is 0.119 e. The number of hydrogen-bond acceptors (Lipinski definition) is 2. The van der Waals surface area contributed by atoms with Crippen LogP contribution in [0.2, 0.25) is 13.1 Å². The first-order valence-corrected chi connectivity index (χ1v) is 26.8. The third-order valence-corrected chi connectivity index (χ3v) is 10.1. The summed E-state index contributed by atoms with van der Waals surface area (Å²) < 4.78 is 0. The Morgan fingerprint density at radius 1 is 0.500 bits per heavy atom. The van der Waals surface area contributed by atoms with Gasteiger partial charge in [-0.15, -0.1) is 56.9 Å². The molecule has 2 nitrogen and oxygen atoms in total. The van der Waals surface area contributed by atoms with Crippen LogP contribution in [0.4, 0.5) is 0 Å². The molecule has 0 saturated carbocycles. The van der Waals surface area contributed by atoms with Crippen molar-refractivity contribution in [3.05, 3.63) is 167 Å². The number of phenols is 2. The molecule has 0 aromatic heterocycles. The van der Waals surface area contributed by atoms with E-state index in [0.29, 0.717) is 11.5 Å². The minimum atomic E-state index is 0.0239. The Hall–Kier alpha value is -4.24. The van der Waals surface area contributed by atoms with Gasteiger partial charge in [0.15, 0.2) is 0 Å². The zero-order valence-corrected chi connectivity index (χ0v) is 40.5. The van der Waals surface area contributed by atoms with Crippen LogP contribution in [0.3, 0.4) is 0 Å². The SMILES string of the molecule is CCc1cc2ccc3ccccc3c2[cH-]1.CCc1cc2ccc3ccccc3c2[cH-]1.C[Si](C)=[Zr+2].Cc1ccc(O)c(C(C)(C)C)c1.Cc1ccc(O)c(C(C)(C)C)c1. The molecule has 300 valence electrons. The van der Waals surface area contributed by atoms with Gasteiger partial charge in [0.2, 0.25) is 0 Å². The molecule has 8 aromatic carbocycles. The largest absolute Gasteiger partial charge is 0.508 e. The molecule has 0 fully saturated rings. The average molecular weight is 864 g/mol. The normalized spacial score (nSPS) is 11.1. The van der Waals surface area contributed by atoms with E-state index in [0.717, 1.165) is 24.0 Å². The minimum Gasteiger partial charge on any atom is -0.508 e. The Kier molecular flexibility index (Phi) is 16.5. The maximum absolute atomic E-state index is 9.57. The first-order chi connectivity index (χ1) is 27.3. The van der Waals surface area contributed by atoms with Gasteiger partial charge < -0.3 is 10.2 Å². The van der Waals surface area contributed by atoms with Gasteiger partial charge in [-0.2, -0.15) is 12.1 Å². The first kappa shape index (κ1) is 46.4. The van der Waals surface area contributed by atoms with Gasteiger partial charge in [-0.3, -0.25) is 0 Å². The Balaban J connectivity index is 0.000000167. The van der Waals surface area contributed by atoms with Crippen LogP contribution >= 0.6 is 0 Å². The van der Waals surface area contributed by atoms with Crippen molar-refractivity contribution in [3.63, 3.8) is 0 Å². The summed E-state index contributed by atoms with van der Waals surface area (Å²) in [6, 6.07) is 46.7. The molecule has 0 heterocycles. The second kappa shape index (κ2) is 20.6. The van der Waals surface area contributed by atoms with E-state index in [-0.39, 0.29) is 16.3 Å². The zero-order chi connectivity index (χ0) is 42.8. The summed E-state index contributed by atoms with van der Waals surface area (Å²) in [6.07, 6.45) is 2.23. The molecule has 0 radical (unpaired) electrons. The fourth-order valence-corrected chi connectivity index (χ4v) is 6.96. The van der Waals surface area contributed by atoms with Gasteiger partial charge in [-0.05, 0) is 60.8 Å². The Bertz CT molecular complexity index is 2410. The number of hydrogen-bond donors (Lipinski definition) is 2. The van der Waals surface area contributed by atoms with Crippen molar-refractivity contribution in [2.24, 2.45) is 0 Å². The summed E-state index contributed by atoms with van der Waals surface area (Å²) in [5.74, 6) is 0.793. The standard InChI is InChI=1S/2C15H13.2C11H16O.C2H6Si.Zr/c2*1-2-11-9-13-8-7-12-5-3-4-6-14(12)15(13)10-11;2*1-8-5-6-10(12)9(7-8)11(2,3)4;1-3-2;/h2*3-10H,2H2,1H3;2*5-7,12H,1-4H3;1-2H3;/q2*-1;;;;+2. The van der Waals surface area contributed by atoms with Gasteiger partial charge in [0.05, 0.1) is 0 Å². The smallest absolute Gasteiger partial charge is 0.119 e. The molecule has 0 unspecified atom stereocenters. The van der Waals surface area contributed by atoms with Crippen molar-refractivity contribution in [3.8, 4) is 11.5 Å². The van der Waals surface area contributed by atoms with Gasteiger partial charge in [-0.1, -0.05) is 173 Å². The van der Waals surface area contributed by atoms with Crippen LogP contribution in [-0.2, 0) is 47.0 Å². The molecule has 2 N–H and O–H groups in total. The molecule has 0 spiro atoms. The van der Waals surface area contributed by atoms with E-state index in [2.05, 4.69) is 166 Å². The molecule has 0 aliphatic carbocycles. The molecule has 4 heteroatoms. The number of aryl methyl sites for hydroxylation is 4. The molecule has 0 atom stereocenters. The monoisotopic (exact) mass is 862 g/mol. The molecule has 0 amide bonds. The summed E-state index contributed by atoms with van der Waals surface area (Å²) >= 11 is 1.74. The van der Waals surface area contributed by atoms with Gasteiger partial charge >= 0.3 is 41.9 Å². The third kappa shape index (κ3) is 12.9. The topological polar surface area (TPSA) is 40.5 Å². The van der Waals surface area contributed by atoms with Crippen LogP contribution in [0.15, 0.2) is 133 Å². The minimum absolute atomic E-state index is 0.0239. The maximum atomic E-state index is 9.57. The average Bonchev–Trinajstić information content (AvgIpc) is 3.81. The Morgan fingerprint density at radius 3 is 1.14 bits per heavy atom. The molecule has 8 rings (SSSR count). The second-order valence-corrected chi connectivity index (χ2v) is 26.9.